The zero-order valence-corrected chi connectivity index (χ0v) is 14.9. The van der Waals surface area contributed by atoms with E-state index in [1.165, 1.54) is 0 Å². The molecule has 0 bridgehead atoms. The molecule has 122 valence electrons. The number of carbonyl (C=O) groups is 2. The molecule has 0 saturated carbocycles. The standard InChI is InChI=1S/C13H6Br2F3NO3S/c14-9-7(8(12(21)22)10(15)23-9)11(20)19-6-3-1-5(2-4-6)13(16,17)18/h1-4H,(H,19,20)(H,21,22). The Labute approximate surface area is 148 Å². The largest absolute Gasteiger partial charge is 0.478 e. The number of carboxylic acids is 1. The Morgan fingerprint density at radius 2 is 1.57 bits per heavy atom. The van der Waals surface area contributed by atoms with Crippen LogP contribution >= 0.6 is 43.2 Å². The molecule has 1 aromatic carbocycles. The number of anilines is 1. The summed E-state index contributed by atoms with van der Waals surface area (Å²) in [6, 6.07) is 3.84. The zero-order valence-electron chi connectivity index (χ0n) is 10.9. The van der Waals surface area contributed by atoms with Gasteiger partial charge in [-0.2, -0.15) is 13.2 Å². The van der Waals surface area contributed by atoms with Gasteiger partial charge in [0.25, 0.3) is 5.91 Å². The van der Waals surface area contributed by atoms with Gasteiger partial charge in [0.1, 0.15) is 0 Å². The van der Waals surface area contributed by atoms with Crippen LogP contribution in [0.1, 0.15) is 26.3 Å². The molecule has 0 aliphatic rings. The fraction of sp³-hybridized carbons (Fsp3) is 0.0769. The van der Waals surface area contributed by atoms with Crippen molar-refractivity contribution in [2.24, 2.45) is 0 Å². The summed E-state index contributed by atoms with van der Waals surface area (Å²) in [4.78, 5) is 23.4. The van der Waals surface area contributed by atoms with E-state index in [0.29, 0.717) is 3.79 Å². The van der Waals surface area contributed by atoms with Crippen molar-refractivity contribution in [1.82, 2.24) is 0 Å². The molecule has 2 N–H and O–H groups in total. The predicted molar refractivity (Wildman–Crippen MR) is 86.1 cm³/mol. The number of thiophene rings is 1. The molecule has 0 aliphatic heterocycles. The van der Waals surface area contributed by atoms with Crippen molar-refractivity contribution in [3.63, 3.8) is 0 Å². The van der Waals surface area contributed by atoms with Crippen LogP contribution in [0.25, 0.3) is 0 Å². The van der Waals surface area contributed by atoms with Crippen molar-refractivity contribution in [3.8, 4) is 0 Å². The van der Waals surface area contributed by atoms with Crippen LogP contribution in [-0.2, 0) is 6.18 Å². The van der Waals surface area contributed by atoms with Gasteiger partial charge in [-0.05, 0) is 56.1 Å². The summed E-state index contributed by atoms with van der Waals surface area (Å²) in [5, 5.41) is 11.5. The Kier molecular flexibility index (Phi) is 5.17. The van der Waals surface area contributed by atoms with E-state index in [9.17, 15) is 22.8 Å². The summed E-state index contributed by atoms with van der Waals surface area (Å²) in [5.74, 6) is -2.03. The minimum atomic E-state index is -4.47. The maximum atomic E-state index is 12.5. The number of alkyl halides is 3. The number of nitrogens with one attached hydrogen (secondary N) is 1. The molecule has 4 nitrogen and oxygen atoms in total. The maximum absolute atomic E-state index is 12.5. The summed E-state index contributed by atoms with van der Waals surface area (Å²) >= 11 is 7.17. The van der Waals surface area contributed by atoms with Gasteiger partial charge in [0.15, 0.2) is 0 Å². The van der Waals surface area contributed by atoms with Gasteiger partial charge in [-0.1, -0.05) is 0 Å². The first kappa shape index (κ1) is 18.0. The van der Waals surface area contributed by atoms with E-state index >= 15 is 0 Å². The lowest BCUT2D eigenvalue weighted by Crippen LogP contribution is -2.16. The first-order valence-corrected chi connectivity index (χ1v) is 8.21. The number of amides is 1. The molecule has 1 amide bonds. The highest BCUT2D eigenvalue weighted by molar-refractivity contribution is 9.12. The number of hydrogen-bond donors (Lipinski definition) is 2. The van der Waals surface area contributed by atoms with Gasteiger partial charge < -0.3 is 10.4 Å². The second-order valence-corrected chi connectivity index (χ2v) is 7.89. The van der Waals surface area contributed by atoms with Crippen molar-refractivity contribution in [2.75, 3.05) is 5.32 Å². The van der Waals surface area contributed by atoms with E-state index in [0.717, 1.165) is 35.6 Å². The highest BCUT2D eigenvalue weighted by Gasteiger charge is 2.30. The number of carbonyl (C=O) groups excluding carboxylic acids is 1. The summed E-state index contributed by atoms with van der Waals surface area (Å²) in [6.07, 6.45) is -4.47. The first-order chi connectivity index (χ1) is 10.6. The van der Waals surface area contributed by atoms with Crippen LogP contribution in [0.4, 0.5) is 18.9 Å². The van der Waals surface area contributed by atoms with Crippen LogP contribution in [-0.4, -0.2) is 17.0 Å². The SMILES string of the molecule is O=C(O)c1c(Br)sc(Br)c1C(=O)Nc1ccc(C(F)(F)F)cc1. The molecule has 0 saturated heterocycles. The lowest BCUT2D eigenvalue weighted by molar-refractivity contribution is -0.137. The van der Waals surface area contributed by atoms with Crippen LogP contribution in [0.5, 0.6) is 0 Å². The topological polar surface area (TPSA) is 66.4 Å². The molecule has 23 heavy (non-hydrogen) atoms. The maximum Gasteiger partial charge on any atom is 0.416 e. The summed E-state index contributed by atoms with van der Waals surface area (Å²) < 4.78 is 38.0. The van der Waals surface area contributed by atoms with Crippen LogP contribution in [0, 0.1) is 0 Å². The number of benzene rings is 1. The average Bonchev–Trinajstić information content (AvgIpc) is 2.73. The molecule has 2 aromatic rings. The monoisotopic (exact) mass is 471 g/mol. The lowest BCUT2D eigenvalue weighted by Gasteiger charge is -2.09. The third-order valence-electron chi connectivity index (χ3n) is 2.73. The third-order valence-corrected chi connectivity index (χ3v) is 5.26. The molecular formula is C13H6Br2F3NO3S. The molecule has 0 atom stereocenters. The van der Waals surface area contributed by atoms with E-state index in [-0.39, 0.29) is 20.6 Å². The second kappa shape index (κ2) is 6.62. The molecule has 0 spiro atoms. The number of aromatic carboxylic acids is 1. The fourth-order valence-corrected chi connectivity index (χ4v) is 4.82. The Balaban J connectivity index is 2.28. The minimum Gasteiger partial charge on any atom is -0.478 e. The van der Waals surface area contributed by atoms with Gasteiger partial charge in [-0.3, -0.25) is 4.79 Å². The highest BCUT2D eigenvalue weighted by atomic mass is 79.9. The molecule has 0 aliphatic carbocycles. The molecule has 2 rings (SSSR count). The molecule has 10 heteroatoms. The van der Waals surface area contributed by atoms with Crippen LogP contribution < -0.4 is 5.32 Å². The number of halogens is 5. The Morgan fingerprint density at radius 3 is 2.04 bits per heavy atom. The molecule has 0 fully saturated rings. The van der Waals surface area contributed by atoms with Crippen molar-refractivity contribution < 1.29 is 27.9 Å². The second-order valence-electron chi connectivity index (χ2n) is 4.23. The first-order valence-electron chi connectivity index (χ1n) is 5.81. The van der Waals surface area contributed by atoms with E-state index in [4.69, 9.17) is 5.11 Å². The van der Waals surface area contributed by atoms with Crippen molar-refractivity contribution in [1.29, 1.82) is 0 Å². The number of rotatable bonds is 3. The third kappa shape index (κ3) is 3.93. The summed E-state index contributed by atoms with van der Waals surface area (Å²) in [7, 11) is 0. The van der Waals surface area contributed by atoms with Crippen molar-refractivity contribution in [2.45, 2.75) is 6.18 Å². The van der Waals surface area contributed by atoms with E-state index in [2.05, 4.69) is 37.2 Å². The molecule has 0 radical (unpaired) electrons. The molecule has 1 aromatic heterocycles. The lowest BCUT2D eigenvalue weighted by atomic mass is 10.1. The van der Waals surface area contributed by atoms with Gasteiger partial charge in [-0.25, -0.2) is 4.79 Å². The van der Waals surface area contributed by atoms with Crippen LogP contribution in [0.2, 0.25) is 0 Å². The number of carboxylic acid groups (broad SMARTS) is 1. The molecular weight excluding hydrogens is 467 g/mol. The predicted octanol–water partition coefficient (Wildman–Crippen LogP) is 5.24. The van der Waals surface area contributed by atoms with Crippen molar-refractivity contribution >= 4 is 60.8 Å². The smallest absolute Gasteiger partial charge is 0.416 e. The van der Waals surface area contributed by atoms with E-state index in [1.807, 2.05) is 0 Å². The van der Waals surface area contributed by atoms with Gasteiger partial charge in [0.05, 0.1) is 24.3 Å². The summed E-state index contributed by atoms with van der Waals surface area (Å²) in [6.45, 7) is 0. The van der Waals surface area contributed by atoms with Crippen LogP contribution in [0.3, 0.4) is 0 Å². The van der Waals surface area contributed by atoms with Crippen LogP contribution in [0.15, 0.2) is 31.8 Å². The molecule has 0 unspecified atom stereocenters. The van der Waals surface area contributed by atoms with Gasteiger partial charge >= 0.3 is 12.1 Å². The quantitative estimate of drug-likeness (QED) is 0.641. The highest BCUT2D eigenvalue weighted by Crippen LogP contribution is 2.37. The van der Waals surface area contributed by atoms with Gasteiger partial charge in [0.2, 0.25) is 0 Å². The minimum absolute atomic E-state index is 0.103. The van der Waals surface area contributed by atoms with Gasteiger partial charge in [-0.15, -0.1) is 11.3 Å². The Bertz CT molecular complexity index is 772. The Hall–Kier alpha value is -1.39. The number of hydrogen-bond acceptors (Lipinski definition) is 3. The van der Waals surface area contributed by atoms with Gasteiger partial charge in [0, 0.05) is 5.69 Å². The Morgan fingerprint density at radius 1 is 1.04 bits per heavy atom. The van der Waals surface area contributed by atoms with Crippen molar-refractivity contribution in [3.05, 3.63) is 48.5 Å². The summed E-state index contributed by atoms with van der Waals surface area (Å²) in [5.41, 5.74) is -1.05. The fourth-order valence-electron chi connectivity index (χ4n) is 1.71. The zero-order chi connectivity index (χ0) is 17.4. The van der Waals surface area contributed by atoms with E-state index < -0.39 is 23.6 Å². The molecule has 1 heterocycles. The normalized spacial score (nSPS) is 11.3. The average molecular weight is 473 g/mol. The van der Waals surface area contributed by atoms with E-state index in [1.54, 1.807) is 0 Å².